The van der Waals surface area contributed by atoms with E-state index in [9.17, 15) is 4.79 Å². The van der Waals surface area contributed by atoms with E-state index in [4.69, 9.17) is 10.2 Å². The normalized spacial score (nSPS) is 20.9. The van der Waals surface area contributed by atoms with Gasteiger partial charge in [-0.05, 0) is 104 Å². The van der Waals surface area contributed by atoms with Crippen LogP contribution in [0.3, 0.4) is 0 Å². The molecule has 3 heterocycles. The van der Waals surface area contributed by atoms with E-state index in [0.717, 1.165) is 46.2 Å². The average Bonchev–Trinajstić information content (AvgIpc) is 3.72. The molecule has 1 saturated carbocycles. The van der Waals surface area contributed by atoms with Gasteiger partial charge in [-0.3, -0.25) is 4.79 Å². The van der Waals surface area contributed by atoms with E-state index >= 15 is 0 Å². The number of amides is 1. The predicted octanol–water partition coefficient (Wildman–Crippen LogP) is 7.37. The molecule has 1 amide bonds. The van der Waals surface area contributed by atoms with Crippen LogP contribution in [0.1, 0.15) is 72.4 Å². The Hall–Kier alpha value is -3.46. The van der Waals surface area contributed by atoms with Gasteiger partial charge in [0, 0.05) is 42.4 Å². The third kappa shape index (κ3) is 6.46. The molecule has 0 radical (unpaired) electrons. The van der Waals surface area contributed by atoms with Crippen LogP contribution in [-0.2, 0) is 11.0 Å². The Morgan fingerprint density at radius 3 is 2.38 bits per heavy atom. The van der Waals surface area contributed by atoms with Gasteiger partial charge in [-0.1, -0.05) is 57.2 Å². The van der Waals surface area contributed by atoms with Crippen molar-refractivity contribution in [3.8, 4) is 5.69 Å². The number of nitrogens with zero attached hydrogens (tertiary/aromatic N) is 4. The van der Waals surface area contributed by atoms with Crippen molar-refractivity contribution < 1.29 is 9.22 Å². The molecule has 7 nitrogen and oxygen atoms in total. The van der Waals surface area contributed by atoms with Crippen LogP contribution in [0.4, 0.5) is 0 Å². The molecule has 0 bridgehead atoms. The monoisotopic (exact) mass is 623 g/mol. The lowest BCUT2D eigenvalue weighted by Crippen LogP contribution is -2.40. The summed E-state index contributed by atoms with van der Waals surface area (Å²) in [4.78, 5) is 14.3. The number of benzene rings is 2. The highest BCUT2D eigenvalue weighted by Crippen LogP contribution is 2.46. The Morgan fingerprint density at radius 2 is 1.76 bits per heavy atom. The molecule has 238 valence electrons. The first-order valence-corrected chi connectivity index (χ1v) is 19.3. The summed E-state index contributed by atoms with van der Waals surface area (Å²) in [6, 6.07) is 17.5. The molecular weight excluding hydrogens is 575 g/mol. The van der Waals surface area contributed by atoms with Gasteiger partial charge in [0.15, 0.2) is 14.0 Å². The first-order chi connectivity index (χ1) is 21.3. The van der Waals surface area contributed by atoms with Gasteiger partial charge in [0.2, 0.25) is 0 Å². The number of aryl methyl sites for hydroxylation is 1. The third-order valence-electron chi connectivity index (χ3n) is 10.7. The molecule has 2 aromatic heterocycles. The SMILES string of the molecule is Cc1cc(C(N)=O)nn1-c1ccc2c(c1)c(/C=C/CO[Si](C)(C)C(C)(C)C)cn2Cc1ccc([C@@H]2C[C@@H]3CN(C)C[C@@H]3C2)cc1. The molecule has 8 heteroatoms. The molecule has 2 aliphatic rings. The highest BCUT2D eigenvalue weighted by atomic mass is 28.4. The maximum Gasteiger partial charge on any atom is 0.269 e. The van der Waals surface area contributed by atoms with Gasteiger partial charge < -0.3 is 19.6 Å². The van der Waals surface area contributed by atoms with E-state index in [0.29, 0.717) is 12.5 Å². The maximum absolute atomic E-state index is 11.8. The number of carbonyl (C=O) groups is 1. The maximum atomic E-state index is 11.8. The molecule has 2 N–H and O–H groups in total. The molecular formula is C37H49N5O2Si. The molecule has 0 spiro atoms. The predicted molar refractivity (Wildman–Crippen MR) is 186 cm³/mol. The highest BCUT2D eigenvalue weighted by molar-refractivity contribution is 6.74. The Labute approximate surface area is 269 Å². The molecule has 1 aliphatic carbocycles. The van der Waals surface area contributed by atoms with Crippen molar-refractivity contribution >= 4 is 31.2 Å². The number of rotatable bonds is 9. The van der Waals surface area contributed by atoms with E-state index in [1.807, 2.05) is 6.92 Å². The zero-order valence-corrected chi connectivity index (χ0v) is 29.0. The minimum absolute atomic E-state index is 0.167. The Balaban J connectivity index is 1.27. The summed E-state index contributed by atoms with van der Waals surface area (Å²) in [7, 11) is 0.419. The Kier molecular flexibility index (Phi) is 8.43. The lowest BCUT2D eigenvalue weighted by atomic mass is 9.95. The first kappa shape index (κ1) is 31.5. The number of carbonyl (C=O) groups excluding carboxylic acids is 1. The topological polar surface area (TPSA) is 78.3 Å². The van der Waals surface area contributed by atoms with Crippen LogP contribution < -0.4 is 5.73 Å². The zero-order valence-electron chi connectivity index (χ0n) is 28.0. The number of hydrogen-bond donors (Lipinski definition) is 1. The highest BCUT2D eigenvalue weighted by Gasteiger charge is 2.40. The fraction of sp³-hybridized carbons (Fsp3) is 0.459. The lowest BCUT2D eigenvalue weighted by molar-refractivity contribution is 0.0995. The molecule has 2 aromatic carbocycles. The second-order valence-electron chi connectivity index (χ2n) is 15.0. The van der Waals surface area contributed by atoms with Crippen molar-refractivity contribution in [1.82, 2.24) is 19.2 Å². The van der Waals surface area contributed by atoms with Crippen molar-refractivity contribution in [2.45, 2.75) is 71.1 Å². The van der Waals surface area contributed by atoms with E-state index in [2.05, 4.69) is 116 Å². The average molecular weight is 624 g/mol. The summed E-state index contributed by atoms with van der Waals surface area (Å²) in [6.07, 6.45) is 9.21. The van der Waals surface area contributed by atoms with Crippen molar-refractivity contribution in [1.29, 1.82) is 0 Å². The summed E-state index contributed by atoms with van der Waals surface area (Å²) in [5, 5.41) is 5.78. The van der Waals surface area contributed by atoms with E-state index in [1.165, 1.54) is 37.1 Å². The van der Waals surface area contributed by atoms with Gasteiger partial charge in [0.05, 0.1) is 12.3 Å². The number of primary amides is 1. The van der Waals surface area contributed by atoms with Gasteiger partial charge in [-0.2, -0.15) is 5.10 Å². The van der Waals surface area contributed by atoms with Crippen LogP contribution in [0.15, 0.2) is 60.8 Å². The summed E-state index contributed by atoms with van der Waals surface area (Å²) >= 11 is 0. The summed E-state index contributed by atoms with van der Waals surface area (Å²) in [5.41, 5.74) is 12.6. The fourth-order valence-electron chi connectivity index (χ4n) is 7.11. The van der Waals surface area contributed by atoms with Gasteiger partial charge in [-0.25, -0.2) is 4.68 Å². The molecule has 1 aliphatic heterocycles. The number of likely N-dealkylation sites (tertiary alicyclic amines) is 1. The van der Waals surface area contributed by atoms with Crippen LogP contribution in [0.2, 0.25) is 18.1 Å². The van der Waals surface area contributed by atoms with Crippen LogP contribution in [0.5, 0.6) is 0 Å². The molecule has 3 atom stereocenters. The largest absolute Gasteiger partial charge is 0.413 e. The first-order valence-electron chi connectivity index (χ1n) is 16.4. The van der Waals surface area contributed by atoms with E-state index < -0.39 is 14.2 Å². The zero-order chi connectivity index (χ0) is 32.1. The molecule has 4 aromatic rings. The van der Waals surface area contributed by atoms with Crippen LogP contribution in [0.25, 0.3) is 22.7 Å². The Bertz CT molecular complexity index is 1710. The second kappa shape index (κ2) is 12.0. The minimum atomic E-state index is -1.84. The van der Waals surface area contributed by atoms with Crippen molar-refractivity contribution in [3.05, 3.63) is 88.9 Å². The van der Waals surface area contributed by atoms with Crippen LogP contribution in [-0.4, -0.2) is 60.2 Å². The smallest absolute Gasteiger partial charge is 0.269 e. The summed E-state index contributed by atoms with van der Waals surface area (Å²) in [5.74, 6) is 1.90. The van der Waals surface area contributed by atoms with Gasteiger partial charge in [-0.15, -0.1) is 0 Å². The number of nitrogens with two attached hydrogens (primary N) is 1. The summed E-state index contributed by atoms with van der Waals surface area (Å²) < 4.78 is 10.6. The quantitative estimate of drug-likeness (QED) is 0.198. The molecule has 0 unspecified atom stereocenters. The molecule has 45 heavy (non-hydrogen) atoms. The minimum Gasteiger partial charge on any atom is -0.413 e. The van der Waals surface area contributed by atoms with E-state index in [1.54, 1.807) is 10.7 Å². The van der Waals surface area contributed by atoms with E-state index in [-0.39, 0.29) is 10.7 Å². The third-order valence-corrected chi connectivity index (χ3v) is 15.2. The van der Waals surface area contributed by atoms with Crippen molar-refractivity contribution in [3.63, 3.8) is 0 Å². The number of hydrogen-bond acceptors (Lipinski definition) is 4. The summed E-state index contributed by atoms with van der Waals surface area (Å²) in [6.45, 7) is 17.2. The van der Waals surface area contributed by atoms with Crippen LogP contribution in [0, 0.1) is 18.8 Å². The van der Waals surface area contributed by atoms with Gasteiger partial charge in [0.25, 0.3) is 5.91 Å². The number of aromatic nitrogens is 3. The van der Waals surface area contributed by atoms with Crippen molar-refractivity contribution in [2.75, 3.05) is 26.7 Å². The molecule has 2 fully saturated rings. The second-order valence-corrected chi connectivity index (χ2v) is 19.8. The van der Waals surface area contributed by atoms with Gasteiger partial charge in [0.1, 0.15) is 0 Å². The number of fused-ring (bicyclic) bond motifs is 2. The lowest BCUT2D eigenvalue weighted by Gasteiger charge is -2.35. The van der Waals surface area contributed by atoms with Crippen molar-refractivity contribution in [2.24, 2.45) is 17.6 Å². The molecule has 1 saturated heterocycles. The molecule has 6 rings (SSSR count). The van der Waals surface area contributed by atoms with Gasteiger partial charge >= 0.3 is 0 Å². The Morgan fingerprint density at radius 1 is 1.07 bits per heavy atom. The standard InChI is InChI=1S/C37H49N5O2Si/c1-25-17-34(36(38)43)39-42(25)32-14-15-35-33(20-32)28(9-8-16-44-45(6,7)37(2,3)4)24-41(35)21-26-10-12-27(13-11-26)29-18-30-22-40(5)23-31(30)19-29/h8-15,17,20,24,29-31H,16,18-19,21-23H2,1-7H3,(H2,38,43)/b9-8+/t29-,30-,31+. The fourth-order valence-corrected chi connectivity index (χ4v) is 8.06. The van der Waals surface area contributed by atoms with Crippen LogP contribution >= 0.6 is 0 Å².